The number of methoxy groups -OCH3 is 2. The van der Waals surface area contributed by atoms with E-state index < -0.39 is 30.1 Å². The van der Waals surface area contributed by atoms with Crippen LogP contribution in [-0.4, -0.2) is 111 Å². The van der Waals surface area contributed by atoms with Gasteiger partial charge in [0.05, 0.1) is 61.3 Å². The van der Waals surface area contributed by atoms with E-state index in [9.17, 15) is 19.2 Å². The minimum atomic E-state index is -0.757. The Morgan fingerprint density at radius 2 is 1.40 bits per heavy atom. The van der Waals surface area contributed by atoms with Gasteiger partial charge in [-0.05, 0) is 80.7 Å². The summed E-state index contributed by atoms with van der Waals surface area (Å²) < 4.78 is 31.0. The number of alkyl carbamates (subject to hydrolysis) is 2. The molecule has 2 aromatic carbocycles. The van der Waals surface area contributed by atoms with Gasteiger partial charge in [-0.1, -0.05) is 32.0 Å². The number of rotatable bonds is 11. The van der Waals surface area contributed by atoms with E-state index >= 15 is 4.39 Å². The Bertz CT molecular complexity index is 2450. The van der Waals surface area contributed by atoms with Crippen LogP contribution in [0.25, 0.3) is 44.7 Å². The lowest BCUT2D eigenvalue weighted by Gasteiger charge is -2.34. The van der Waals surface area contributed by atoms with E-state index in [1.807, 2.05) is 55.1 Å². The molecule has 0 aliphatic carbocycles. The molecule has 4 atom stereocenters. The zero-order valence-corrected chi connectivity index (χ0v) is 35.3. The quantitative estimate of drug-likeness (QED) is 0.111. The average Bonchev–Trinajstić information content (AvgIpc) is 4.14. The second-order valence-electron chi connectivity index (χ2n) is 16.5. The summed E-state index contributed by atoms with van der Waals surface area (Å²) in [6.07, 6.45) is 6.39. The van der Waals surface area contributed by atoms with Gasteiger partial charge in [0.2, 0.25) is 11.8 Å². The Morgan fingerprint density at radius 1 is 0.774 bits per heavy atom. The third kappa shape index (κ3) is 8.71. The number of halogens is 1. The molecule has 0 saturated carbocycles. The number of aromatic nitrogens is 5. The van der Waals surface area contributed by atoms with Crippen molar-refractivity contribution in [3.63, 3.8) is 0 Å². The highest BCUT2D eigenvalue weighted by Gasteiger charge is 2.41. The van der Waals surface area contributed by atoms with Gasteiger partial charge in [0.25, 0.3) is 0 Å². The van der Waals surface area contributed by atoms with E-state index in [4.69, 9.17) is 24.2 Å². The maximum atomic E-state index is 15.8. The van der Waals surface area contributed by atoms with Crippen LogP contribution < -0.4 is 10.6 Å². The monoisotopic (exact) mass is 849 g/mol. The molecule has 3 saturated heterocycles. The van der Waals surface area contributed by atoms with Gasteiger partial charge in [0, 0.05) is 48.4 Å². The molecule has 62 heavy (non-hydrogen) atoms. The van der Waals surface area contributed by atoms with Crippen LogP contribution in [0.1, 0.15) is 76.1 Å². The molecule has 0 bridgehead atoms. The first kappa shape index (κ1) is 42.3. The summed E-state index contributed by atoms with van der Waals surface area (Å²) in [5, 5.41) is 6.33. The number of carbonyl (C=O) groups excluding carboxylic acids is 4. The van der Waals surface area contributed by atoms with Gasteiger partial charge in [-0.15, -0.1) is 0 Å². The molecule has 326 valence electrons. The van der Waals surface area contributed by atoms with E-state index in [0.717, 1.165) is 41.4 Å². The number of nitrogens with one attached hydrogen (secondary N) is 4. The van der Waals surface area contributed by atoms with Gasteiger partial charge >= 0.3 is 12.2 Å². The zero-order valence-electron chi connectivity index (χ0n) is 35.3. The number of nitrogens with zero attached hydrogens (tertiary/aromatic N) is 5. The summed E-state index contributed by atoms with van der Waals surface area (Å²) in [5.41, 5.74) is 4.46. The Hall–Kier alpha value is -6.36. The number of hydrogen-bond donors (Lipinski definition) is 4. The number of fused-ring (bicyclic) bond motifs is 1. The lowest BCUT2D eigenvalue weighted by Crippen LogP contribution is -2.53. The number of amides is 4. The lowest BCUT2D eigenvalue weighted by molar-refractivity contribution is -0.137. The van der Waals surface area contributed by atoms with Crippen molar-refractivity contribution in [3.05, 3.63) is 78.4 Å². The predicted molar refractivity (Wildman–Crippen MR) is 227 cm³/mol. The number of pyridine rings is 1. The summed E-state index contributed by atoms with van der Waals surface area (Å²) in [7, 11) is 2.55. The molecule has 0 radical (unpaired) electrons. The minimum Gasteiger partial charge on any atom is -0.453 e. The second-order valence-corrected chi connectivity index (χ2v) is 16.5. The van der Waals surface area contributed by atoms with Crippen LogP contribution in [0.4, 0.5) is 14.0 Å². The molecule has 6 heterocycles. The third-order valence-corrected chi connectivity index (χ3v) is 12.3. The first-order valence-corrected chi connectivity index (χ1v) is 21.2. The van der Waals surface area contributed by atoms with Gasteiger partial charge in [-0.2, -0.15) is 0 Å². The molecular weight excluding hydrogens is 798 g/mol. The van der Waals surface area contributed by atoms with Crippen molar-refractivity contribution < 1.29 is 37.8 Å². The van der Waals surface area contributed by atoms with Crippen molar-refractivity contribution in [1.82, 2.24) is 45.4 Å². The van der Waals surface area contributed by atoms with Crippen LogP contribution in [0.2, 0.25) is 0 Å². The molecular formula is C45H52FN9O7. The molecule has 0 unspecified atom stereocenters. The number of carbonyl (C=O) groups is 4. The van der Waals surface area contributed by atoms with Gasteiger partial charge in [-0.3, -0.25) is 9.59 Å². The molecule has 3 fully saturated rings. The lowest BCUT2D eigenvalue weighted by atomic mass is 9.90. The smallest absolute Gasteiger partial charge is 0.407 e. The zero-order chi connectivity index (χ0) is 43.5. The summed E-state index contributed by atoms with van der Waals surface area (Å²) in [4.78, 5) is 76.2. The van der Waals surface area contributed by atoms with Crippen LogP contribution in [0.3, 0.4) is 0 Å². The normalized spacial score (nSPS) is 19.1. The van der Waals surface area contributed by atoms with Crippen LogP contribution in [-0.2, 0) is 23.8 Å². The number of benzene rings is 2. The van der Waals surface area contributed by atoms with Crippen molar-refractivity contribution in [2.24, 2.45) is 11.8 Å². The summed E-state index contributed by atoms with van der Waals surface area (Å²) >= 11 is 0. The topological polar surface area (TPSA) is 197 Å². The highest BCUT2D eigenvalue weighted by atomic mass is 19.1. The maximum Gasteiger partial charge on any atom is 0.407 e. The number of H-pyrrole nitrogens is 2. The number of aromatic amines is 2. The second kappa shape index (κ2) is 18.3. The van der Waals surface area contributed by atoms with Crippen LogP contribution in [0.5, 0.6) is 0 Å². The van der Waals surface area contributed by atoms with Crippen molar-refractivity contribution in [2.45, 2.75) is 76.5 Å². The molecule has 3 aliphatic heterocycles. The molecule has 3 aromatic heterocycles. The maximum absolute atomic E-state index is 15.8. The standard InChI is InChI=1S/C45H52FN9O7/c1-25(2)38(52-44(58)60-3)42(56)54-17-5-8-37(54)41-48-24-35(51-41)30-12-9-29(22-31(30)46)33-13-10-27-21-28(11-14-32(27)49-33)34-23-47-40(50-34)36-7-6-18-55(36)43(57)39(53-45(59)61-4)26-15-19-62-20-16-26/h9-14,21-26,36-39H,5-8,15-20H2,1-4H3,(H,47,50)(H,48,51)(H,52,58)(H,53,59)/t36-,37-,38-,39-/m0/s1. The highest BCUT2D eigenvalue weighted by Crippen LogP contribution is 2.36. The summed E-state index contributed by atoms with van der Waals surface area (Å²) in [6, 6.07) is 12.6. The Labute approximate surface area is 358 Å². The number of hydrogen-bond acceptors (Lipinski definition) is 10. The Kier molecular flexibility index (Phi) is 12.5. The molecule has 17 heteroatoms. The molecule has 3 aliphatic rings. The SMILES string of the molecule is COC(=O)N[C@H](C(=O)N1CCC[C@H]1c1ncc(-c2ccc(-c3ccc4cc(-c5cnc([C@@H]6CCCN6C(=O)[C@@H](NC(=O)OC)C6CCOCC6)[nH]5)ccc4n3)cc2F)[nH]1)C(C)C. The van der Waals surface area contributed by atoms with Gasteiger partial charge in [-0.25, -0.2) is 28.9 Å². The van der Waals surface area contributed by atoms with E-state index in [-0.39, 0.29) is 35.7 Å². The largest absolute Gasteiger partial charge is 0.453 e. The fraction of sp³-hybridized carbons (Fsp3) is 0.444. The Morgan fingerprint density at radius 3 is 2.06 bits per heavy atom. The van der Waals surface area contributed by atoms with E-state index in [1.54, 1.807) is 23.4 Å². The molecule has 16 nitrogen and oxygen atoms in total. The molecule has 0 spiro atoms. The van der Waals surface area contributed by atoms with Crippen molar-refractivity contribution >= 4 is 34.9 Å². The third-order valence-electron chi connectivity index (χ3n) is 12.3. The fourth-order valence-corrected chi connectivity index (χ4v) is 8.94. The van der Waals surface area contributed by atoms with Gasteiger partial charge < -0.3 is 44.6 Å². The first-order valence-electron chi connectivity index (χ1n) is 21.2. The van der Waals surface area contributed by atoms with Crippen molar-refractivity contribution in [2.75, 3.05) is 40.5 Å². The fourth-order valence-electron chi connectivity index (χ4n) is 8.94. The minimum absolute atomic E-state index is 0.0528. The van der Waals surface area contributed by atoms with Crippen LogP contribution >= 0.6 is 0 Å². The van der Waals surface area contributed by atoms with Crippen LogP contribution in [0, 0.1) is 17.7 Å². The van der Waals surface area contributed by atoms with Crippen LogP contribution in [0.15, 0.2) is 60.9 Å². The average molecular weight is 850 g/mol. The molecule has 4 amide bonds. The Balaban J connectivity index is 0.953. The molecule has 5 aromatic rings. The number of likely N-dealkylation sites (tertiary alicyclic amines) is 2. The summed E-state index contributed by atoms with van der Waals surface area (Å²) in [6.45, 7) is 5.87. The van der Waals surface area contributed by atoms with Crippen molar-refractivity contribution in [3.8, 4) is 33.8 Å². The highest BCUT2D eigenvalue weighted by molar-refractivity contribution is 5.88. The van der Waals surface area contributed by atoms with Gasteiger partial charge in [0.1, 0.15) is 29.5 Å². The molecule has 8 rings (SSSR count). The van der Waals surface area contributed by atoms with E-state index in [2.05, 4.69) is 25.6 Å². The van der Waals surface area contributed by atoms with E-state index in [1.165, 1.54) is 20.3 Å². The first-order chi connectivity index (χ1) is 30.0. The number of imidazole rings is 2. The van der Waals surface area contributed by atoms with E-state index in [0.29, 0.717) is 79.7 Å². The van der Waals surface area contributed by atoms with Crippen molar-refractivity contribution in [1.29, 1.82) is 0 Å². The summed E-state index contributed by atoms with van der Waals surface area (Å²) in [5.74, 6) is 0.205. The van der Waals surface area contributed by atoms with Gasteiger partial charge in [0.15, 0.2) is 0 Å². The molecule has 4 N–H and O–H groups in total. The predicted octanol–water partition coefficient (Wildman–Crippen LogP) is 6.68. The number of ether oxygens (including phenoxy) is 3.